The number of unbranched alkanes of at least 4 members (excludes halogenated alkanes) is 19. The molecule has 0 amide bonds. The maximum Gasteiger partial charge on any atom is 0.192 e. The Hall–Kier alpha value is -0.410. The maximum absolute atomic E-state index is 13.4. The molecule has 1 atom stereocenters. The average molecular weight is 539 g/mol. The third-order valence-electron chi connectivity index (χ3n) is 8.54. The first kappa shape index (κ1) is 37.6. The van der Waals surface area contributed by atoms with Crippen molar-refractivity contribution < 1.29 is 14.0 Å². The first-order valence-corrected chi connectivity index (χ1v) is 17.5. The van der Waals surface area contributed by atoms with Gasteiger partial charge in [0.05, 0.1) is 20.1 Å². The standard InChI is InChI=1S/C35H72NO2/c1-6-10-12-14-16-18-19-20-22-24-26-28-32-38-33-34(36(5,30-8-3)31-9-4)35(37)29-27-25-23-21-17-15-13-11-7-2/h34H,6-33H2,1-5H3/q+1. The summed E-state index contributed by atoms with van der Waals surface area (Å²) in [5, 5.41) is 0. The molecule has 38 heavy (non-hydrogen) atoms. The molecule has 0 aliphatic rings. The van der Waals surface area contributed by atoms with Crippen LogP contribution >= 0.6 is 0 Å². The molecule has 0 aliphatic carbocycles. The molecule has 0 aromatic rings. The molecule has 0 fully saturated rings. The molecule has 0 spiro atoms. The molecule has 0 aliphatic heterocycles. The molecule has 0 saturated carbocycles. The number of quaternary nitrogens is 1. The summed E-state index contributed by atoms with van der Waals surface area (Å²) >= 11 is 0. The van der Waals surface area contributed by atoms with Crippen molar-refractivity contribution in [3.8, 4) is 0 Å². The summed E-state index contributed by atoms with van der Waals surface area (Å²) < 4.78 is 7.07. The van der Waals surface area contributed by atoms with Crippen molar-refractivity contribution in [1.82, 2.24) is 0 Å². The summed E-state index contributed by atoms with van der Waals surface area (Å²) in [6.45, 7) is 12.6. The van der Waals surface area contributed by atoms with E-state index >= 15 is 0 Å². The topological polar surface area (TPSA) is 26.3 Å². The molecule has 0 aromatic heterocycles. The number of rotatable bonds is 31. The monoisotopic (exact) mass is 539 g/mol. The molecule has 3 nitrogen and oxygen atoms in total. The summed E-state index contributed by atoms with van der Waals surface area (Å²) in [5.74, 6) is 0.451. The largest absolute Gasteiger partial charge is 0.375 e. The number of nitrogens with zero attached hydrogens (tertiary/aromatic N) is 1. The van der Waals surface area contributed by atoms with Gasteiger partial charge in [0.2, 0.25) is 0 Å². The highest BCUT2D eigenvalue weighted by molar-refractivity contribution is 5.83. The van der Waals surface area contributed by atoms with E-state index in [0.29, 0.717) is 12.4 Å². The Kier molecular flexibility index (Phi) is 27.8. The average Bonchev–Trinajstić information content (AvgIpc) is 2.90. The normalized spacial score (nSPS) is 12.8. The first-order valence-electron chi connectivity index (χ1n) is 17.5. The smallest absolute Gasteiger partial charge is 0.192 e. The Labute approximate surface area is 240 Å². The molecule has 0 rings (SSSR count). The molecule has 3 heteroatoms. The SMILES string of the molecule is CCCCCCCCCCCCCCOCC(C(=O)CCCCCCCCCCC)[N+](C)(CCC)CCC. The quantitative estimate of drug-likeness (QED) is 0.0648. The first-order chi connectivity index (χ1) is 18.6. The summed E-state index contributed by atoms with van der Waals surface area (Å²) in [5.41, 5.74) is 0. The Morgan fingerprint density at radius 3 is 1.29 bits per heavy atom. The van der Waals surface area contributed by atoms with Gasteiger partial charge in [-0.25, -0.2) is 0 Å². The summed E-state index contributed by atoms with van der Waals surface area (Å²) in [7, 11) is 2.30. The van der Waals surface area contributed by atoms with Gasteiger partial charge in [0.25, 0.3) is 0 Å². The molecular formula is C35H72NO2+. The van der Waals surface area contributed by atoms with E-state index in [2.05, 4.69) is 34.7 Å². The lowest BCUT2D eigenvalue weighted by molar-refractivity contribution is -0.925. The third-order valence-corrected chi connectivity index (χ3v) is 8.54. The molecule has 0 aromatic carbocycles. The van der Waals surface area contributed by atoms with Crippen molar-refractivity contribution in [1.29, 1.82) is 0 Å². The van der Waals surface area contributed by atoms with Crippen LogP contribution in [0.3, 0.4) is 0 Å². The number of likely N-dealkylation sites (N-methyl/N-ethyl adjacent to an activating group) is 1. The van der Waals surface area contributed by atoms with E-state index in [1.165, 1.54) is 122 Å². The van der Waals surface area contributed by atoms with Crippen molar-refractivity contribution in [2.24, 2.45) is 0 Å². The summed E-state index contributed by atoms with van der Waals surface area (Å²) in [6, 6.07) is 0.0151. The minimum atomic E-state index is 0.0151. The van der Waals surface area contributed by atoms with Gasteiger partial charge in [-0.05, 0) is 25.7 Å². The van der Waals surface area contributed by atoms with E-state index < -0.39 is 0 Å². The lowest BCUT2D eigenvalue weighted by Gasteiger charge is -2.40. The van der Waals surface area contributed by atoms with Crippen molar-refractivity contribution in [2.45, 2.75) is 188 Å². The van der Waals surface area contributed by atoms with E-state index in [1.54, 1.807) is 0 Å². The van der Waals surface area contributed by atoms with Gasteiger partial charge in [0, 0.05) is 13.0 Å². The molecule has 0 bridgehead atoms. The summed E-state index contributed by atoms with van der Waals surface area (Å²) in [6.07, 6.45) is 31.1. The number of Topliss-reactive ketones (excluding diaryl/α,β-unsaturated/α-hetero) is 1. The van der Waals surface area contributed by atoms with Crippen LogP contribution in [0.4, 0.5) is 0 Å². The lowest BCUT2D eigenvalue weighted by atomic mass is 10.0. The predicted octanol–water partition coefficient (Wildman–Crippen LogP) is 10.8. The molecule has 1 unspecified atom stereocenters. The number of hydrogen-bond acceptors (Lipinski definition) is 2. The van der Waals surface area contributed by atoms with Crippen LogP contribution in [-0.4, -0.2) is 49.7 Å². The zero-order chi connectivity index (χ0) is 28.2. The van der Waals surface area contributed by atoms with Crippen LogP contribution in [0.25, 0.3) is 0 Å². The minimum absolute atomic E-state index is 0.0151. The van der Waals surface area contributed by atoms with Crippen LogP contribution in [0.1, 0.15) is 182 Å². The minimum Gasteiger partial charge on any atom is -0.375 e. The van der Waals surface area contributed by atoms with Gasteiger partial charge in [-0.1, -0.05) is 150 Å². The van der Waals surface area contributed by atoms with Crippen LogP contribution in [0.2, 0.25) is 0 Å². The second-order valence-corrected chi connectivity index (χ2v) is 12.5. The third kappa shape index (κ3) is 21.4. The highest BCUT2D eigenvalue weighted by Gasteiger charge is 2.36. The van der Waals surface area contributed by atoms with Gasteiger partial charge in [-0.2, -0.15) is 0 Å². The molecule has 0 saturated heterocycles. The molecular weight excluding hydrogens is 466 g/mol. The van der Waals surface area contributed by atoms with Gasteiger partial charge in [-0.15, -0.1) is 0 Å². The van der Waals surface area contributed by atoms with E-state index in [-0.39, 0.29) is 6.04 Å². The van der Waals surface area contributed by atoms with E-state index in [0.717, 1.165) is 56.3 Å². The van der Waals surface area contributed by atoms with Gasteiger partial charge >= 0.3 is 0 Å². The van der Waals surface area contributed by atoms with Crippen molar-refractivity contribution >= 4 is 5.78 Å². The van der Waals surface area contributed by atoms with Crippen LogP contribution in [0.15, 0.2) is 0 Å². The van der Waals surface area contributed by atoms with Crippen molar-refractivity contribution in [3.05, 3.63) is 0 Å². The number of hydrogen-bond donors (Lipinski definition) is 0. The second kappa shape index (κ2) is 28.1. The highest BCUT2D eigenvalue weighted by Crippen LogP contribution is 2.19. The van der Waals surface area contributed by atoms with E-state index in [4.69, 9.17) is 4.74 Å². The second-order valence-electron chi connectivity index (χ2n) is 12.5. The Morgan fingerprint density at radius 1 is 0.526 bits per heavy atom. The fraction of sp³-hybridized carbons (Fsp3) is 0.971. The fourth-order valence-electron chi connectivity index (χ4n) is 6.08. The fourth-order valence-corrected chi connectivity index (χ4v) is 6.08. The number of ether oxygens (including phenoxy) is 1. The van der Waals surface area contributed by atoms with Crippen LogP contribution in [-0.2, 0) is 9.53 Å². The molecule has 0 N–H and O–H groups in total. The zero-order valence-electron chi connectivity index (χ0n) is 27.1. The van der Waals surface area contributed by atoms with Crippen LogP contribution < -0.4 is 0 Å². The van der Waals surface area contributed by atoms with Gasteiger partial charge in [0.1, 0.15) is 6.61 Å². The molecule has 228 valence electrons. The van der Waals surface area contributed by atoms with Crippen LogP contribution in [0.5, 0.6) is 0 Å². The predicted molar refractivity (Wildman–Crippen MR) is 169 cm³/mol. The van der Waals surface area contributed by atoms with Gasteiger partial charge < -0.3 is 9.22 Å². The number of carbonyl (C=O) groups excluding carboxylic acids is 1. The Morgan fingerprint density at radius 2 is 0.895 bits per heavy atom. The maximum atomic E-state index is 13.4. The molecule has 0 heterocycles. The van der Waals surface area contributed by atoms with Gasteiger partial charge in [-0.3, -0.25) is 4.79 Å². The van der Waals surface area contributed by atoms with Crippen LogP contribution in [0, 0.1) is 0 Å². The molecule has 0 radical (unpaired) electrons. The Balaban J connectivity index is 4.22. The van der Waals surface area contributed by atoms with Crippen molar-refractivity contribution in [3.63, 3.8) is 0 Å². The van der Waals surface area contributed by atoms with Gasteiger partial charge in [0.15, 0.2) is 11.8 Å². The number of carbonyl (C=O) groups is 1. The Bertz CT molecular complexity index is 486. The summed E-state index contributed by atoms with van der Waals surface area (Å²) in [4.78, 5) is 13.4. The lowest BCUT2D eigenvalue weighted by Crippen LogP contribution is -2.58. The number of ketones is 1. The van der Waals surface area contributed by atoms with Crippen molar-refractivity contribution in [2.75, 3.05) is 33.4 Å². The van der Waals surface area contributed by atoms with E-state index in [1.807, 2.05) is 0 Å². The highest BCUT2D eigenvalue weighted by atomic mass is 16.5. The zero-order valence-corrected chi connectivity index (χ0v) is 27.1. The van der Waals surface area contributed by atoms with E-state index in [9.17, 15) is 4.79 Å².